The van der Waals surface area contributed by atoms with Gasteiger partial charge in [0, 0.05) is 18.3 Å². The summed E-state index contributed by atoms with van der Waals surface area (Å²) in [6, 6.07) is 13.8. The van der Waals surface area contributed by atoms with Crippen molar-refractivity contribution in [1.82, 2.24) is 15.1 Å². The van der Waals surface area contributed by atoms with E-state index in [9.17, 15) is 18.8 Å². The molecule has 1 saturated carbocycles. The first-order valence-corrected chi connectivity index (χ1v) is 18.5. The summed E-state index contributed by atoms with van der Waals surface area (Å²) in [5, 5.41) is 6.05. The molecule has 3 saturated heterocycles. The molecule has 0 aromatic heterocycles. The van der Waals surface area contributed by atoms with E-state index in [-0.39, 0.29) is 22.9 Å². The standard InChI is InChI=1S/C39H48ClFN4O4/c1-24-8-6-11-31(25(24)2)43-37(47)35-39-17-14-32(49-39)33(36(46)42-28-12-13-30(41)29(40)23-28)34(39)38(48)45(35)19-7-18-44-20-15-27(16-21-44)22-26-9-4-3-5-10-26/h3-5,9-10,12-14,17,23-25,27,31-35H,6-8,11,15-16,18-22H2,1-2H3,(H,42,46)(H,43,47)/t24-,25+,31+,32-,33-,34-,35+,39+/m1/s1. The highest BCUT2D eigenvalue weighted by Gasteiger charge is 2.72. The van der Waals surface area contributed by atoms with E-state index in [4.69, 9.17) is 16.3 Å². The van der Waals surface area contributed by atoms with E-state index < -0.39 is 41.3 Å². The number of carbonyl (C=O) groups is 3. The average molecular weight is 691 g/mol. The molecular formula is C39H48ClFN4O4. The lowest BCUT2D eigenvalue weighted by Gasteiger charge is -2.38. The van der Waals surface area contributed by atoms with Gasteiger partial charge < -0.3 is 25.2 Å². The fraction of sp³-hybridized carbons (Fsp3) is 0.564. The van der Waals surface area contributed by atoms with Crippen LogP contribution in [0.4, 0.5) is 10.1 Å². The Kier molecular flexibility index (Phi) is 9.88. The molecule has 2 bridgehead atoms. The Morgan fingerprint density at radius 3 is 2.55 bits per heavy atom. The van der Waals surface area contributed by atoms with Crippen molar-refractivity contribution in [1.29, 1.82) is 0 Å². The SMILES string of the molecule is C[C@H]1[C@H](C)CCC[C@@H]1NC(=O)[C@@H]1N(CCCN2CCC(Cc3ccccc3)CC2)C(=O)[C@H]2[C@H](C(=O)Nc3ccc(F)c(Cl)c3)[C@H]3C=C[C@@]12O3. The van der Waals surface area contributed by atoms with Gasteiger partial charge in [-0.1, -0.05) is 80.8 Å². The summed E-state index contributed by atoms with van der Waals surface area (Å²) in [4.78, 5) is 46.7. The molecule has 8 atom stereocenters. The van der Waals surface area contributed by atoms with Crippen molar-refractivity contribution in [2.75, 3.05) is 31.5 Å². The van der Waals surface area contributed by atoms with Gasteiger partial charge >= 0.3 is 0 Å². The number of piperidine rings is 1. The summed E-state index contributed by atoms with van der Waals surface area (Å²) in [6.07, 6.45) is 10.2. The van der Waals surface area contributed by atoms with E-state index in [0.29, 0.717) is 30.0 Å². The van der Waals surface area contributed by atoms with Crippen LogP contribution in [-0.4, -0.2) is 77.5 Å². The van der Waals surface area contributed by atoms with Crippen molar-refractivity contribution < 1.29 is 23.5 Å². The second-order valence-corrected chi connectivity index (χ2v) is 15.5. The molecule has 2 aromatic carbocycles. The van der Waals surface area contributed by atoms with Crippen molar-refractivity contribution in [3.05, 3.63) is 77.1 Å². The maximum atomic E-state index is 14.4. The number of ether oxygens (including phenoxy) is 1. The van der Waals surface area contributed by atoms with Crippen molar-refractivity contribution in [2.45, 2.75) is 82.6 Å². The zero-order valence-electron chi connectivity index (χ0n) is 28.5. The first-order chi connectivity index (χ1) is 23.6. The molecule has 2 aromatic rings. The Morgan fingerprint density at radius 2 is 1.80 bits per heavy atom. The monoisotopic (exact) mass is 690 g/mol. The second kappa shape index (κ2) is 14.2. The van der Waals surface area contributed by atoms with Gasteiger partial charge in [-0.25, -0.2) is 4.39 Å². The van der Waals surface area contributed by atoms with E-state index in [0.717, 1.165) is 64.6 Å². The average Bonchev–Trinajstić information content (AvgIpc) is 3.73. The molecule has 0 unspecified atom stereocenters. The third-order valence-electron chi connectivity index (χ3n) is 12.1. The molecule has 8 nitrogen and oxygen atoms in total. The molecule has 7 rings (SSSR count). The van der Waals surface area contributed by atoms with Crippen LogP contribution in [0, 0.1) is 35.4 Å². The molecule has 2 N–H and O–H groups in total. The lowest BCUT2D eigenvalue weighted by molar-refractivity contribution is -0.141. The zero-order chi connectivity index (χ0) is 34.3. The Bertz CT molecular complexity index is 1580. The van der Waals surface area contributed by atoms with E-state index in [2.05, 4.69) is 59.7 Å². The summed E-state index contributed by atoms with van der Waals surface area (Å²) in [6.45, 7) is 7.69. The Labute approximate surface area is 293 Å². The molecule has 49 heavy (non-hydrogen) atoms. The number of likely N-dealkylation sites (tertiary alicyclic amines) is 2. The van der Waals surface area contributed by atoms with Gasteiger partial charge in [-0.2, -0.15) is 0 Å². The minimum Gasteiger partial charge on any atom is -0.359 e. The molecule has 3 amide bonds. The number of nitrogens with one attached hydrogen (secondary N) is 2. The molecule has 262 valence electrons. The molecule has 1 spiro atoms. The number of benzene rings is 2. The van der Waals surface area contributed by atoms with Crippen LogP contribution in [0.1, 0.15) is 57.9 Å². The quantitative estimate of drug-likeness (QED) is 0.305. The fourth-order valence-corrected chi connectivity index (χ4v) is 9.36. The summed E-state index contributed by atoms with van der Waals surface area (Å²) in [7, 11) is 0. The summed E-state index contributed by atoms with van der Waals surface area (Å²) < 4.78 is 20.3. The van der Waals surface area contributed by atoms with E-state index in [1.807, 2.05) is 12.2 Å². The maximum absolute atomic E-state index is 14.4. The van der Waals surface area contributed by atoms with E-state index >= 15 is 0 Å². The van der Waals surface area contributed by atoms with Gasteiger partial charge in [-0.3, -0.25) is 14.4 Å². The summed E-state index contributed by atoms with van der Waals surface area (Å²) in [5.41, 5.74) is 0.494. The maximum Gasteiger partial charge on any atom is 0.246 e. The number of anilines is 1. The Morgan fingerprint density at radius 1 is 1.02 bits per heavy atom. The molecule has 4 fully saturated rings. The van der Waals surface area contributed by atoms with Gasteiger partial charge in [0.25, 0.3) is 0 Å². The van der Waals surface area contributed by atoms with E-state index in [1.165, 1.54) is 23.8 Å². The van der Waals surface area contributed by atoms with Crippen molar-refractivity contribution in [3.8, 4) is 0 Å². The highest BCUT2D eigenvalue weighted by Crippen LogP contribution is 2.55. The molecule has 5 aliphatic rings. The third-order valence-corrected chi connectivity index (χ3v) is 12.4. The molecule has 0 radical (unpaired) electrons. The van der Waals surface area contributed by atoms with Gasteiger partial charge in [0.1, 0.15) is 17.5 Å². The van der Waals surface area contributed by atoms with Crippen LogP contribution < -0.4 is 10.6 Å². The molecule has 4 heterocycles. The van der Waals surface area contributed by atoms with Gasteiger partial charge in [0.05, 0.1) is 23.0 Å². The lowest BCUT2D eigenvalue weighted by atomic mass is 9.73. The highest BCUT2D eigenvalue weighted by molar-refractivity contribution is 6.31. The topological polar surface area (TPSA) is 91.0 Å². The van der Waals surface area contributed by atoms with Crippen LogP contribution in [0.3, 0.4) is 0 Å². The van der Waals surface area contributed by atoms with Crippen molar-refractivity contribution >= 4 is 35.0 Å². The normalized spacial score (nSPS) is 32.8. The Hall–Kier alpha value is -3.27. The number of halogens is 2. The molecule has 1 aliphatic carbocycles. The lowest BCUT2D eigenvalue weighted by Crippen LogP contribution is -2.58. The van der Waals surface area contributed by atoms with Gasteiger partial charge in [0.15, 0.2) is 0 Å². The first-order valence-electron chi connectivity index (χ1n) is 18.1. The van der Waals surface area contributed by atoms with Crippen LogP contribution in [0.25, 0.3) is 0 Å². The second-order valence-electron chi connectivity index (χ2n) is 15.1. The summed E-state index contributed by atoms with van der Waals surface area (Å²) in [5.74, 6) is -1.62. The number of carbonyl (C=O) groups excluding carboxylic acids is 3. The minimum absolute atomic E-state index is 0.0192. The first kappa shape index (κ1) is 34.2. The Balaban J connectivity index is 1.06. The van der Waals surface area contributed by atoms with E-state index in [1.54, 1.807) is 4.90 Å². The molecular weight excluding hydrogens is 643 g/mol. The molecule has 10 heteroatoms. The number of hydrogen-bond donors (Lipinski definition) is 2. The van der Waals surface area contributed by atoms with Crippen LogP contribution in [-0.2, 0) is 25.5 Å². The van der Waals surface area contributed by atoms with Gasteiger partial charge in [-0.05, 0) is 93.3 Å². The number of hydrogen-bond acceptors (Lipinski definition) is 5. The predicted octanol–water partition coefficient (Wildman–Crippen LogP) is 5.85. The predicted molar refractivity (Wildman–Crippen MR) is 187 cm³/mol. The van der Waals surface area contributed by atoms with Crippen molar-refractivity contribution in [2.24, 2.45) is 29.6 Å². The van der Waals surface area contributed by atoms with Crippen molar-refractivity contribution in [3.63, 3.8) is 0 Å². The van der Waals surface area contributed by atoms with Crippen LogP contribution >= 0.6 is 11.6 Å². The third kappa shape index (κ3) is 6.66. The number of amides is 3. The van der Waals surface area contributed by atoms with Crippen LogP contribution in [0.15, 0.2) is 60.7 Å². The zero-order valence-corrected chi connectivity index (χ0v) is 29.2. The highest BCUT2D eigenvalue weighted by atomic mass is 35.5. The number of rotatable bonds is 10. The van der Waals surface area contributed by atoms with Crippen LogP contribution in [0.5, 0.6) is 0 Å². The summed E-state index contributed by atoms with van der Waals surface area (Å²) >= 11 is 5.98. The fourth-order valence-electron chi connectivity index (χ4n) is 9.18. The molecule has 4 aliphatic heterocycles. The smallest absolute Gasteiger partial charge is 0.246 e. The van der Waals surface area contributed by atoms with Gasteiger partial charge in [0.2, 0.25) is 17.7 Å². The number of fused-ring (bicyclic) bond motifs is 1. The van der Waals surface area contributed by atoms with Crippen LogP contribution in [0.2, 0.25) is 5.02 Å². The largest absolute Gasteiger partial charge is 0.359 e. The minimum atomic E-state index is -1.23. The number of nitrogens with zero attached hydrogens (tertiary/aromatic N) is 2. The van der Waals surface area contributed by atoms with Gasteiger partial charge in [-0.15, -0.1) is 0 Å².